The quantitative estimate of drug-likeness (QED) is 0.163. The summed E-state index contributed by atoms with van der Waals surface area (Å²) in [7, 11) is 2.41. The summed E-state index contributed by atoms with van der Waals surface area (Å²) in [6.45, 7) is 5.84. The van der Waals surface area contributed by atoms with E-state index in [4.69, 9.17) is 4.74 Å². The zero-order valence-corrected chi connectivity index (χ0v) is 32.5. The Balaban J connectivity index is 1.30. The molecule has 0 radical (unpaired) electrons. The third kappa shape index (κ3) is 7.11. The highest BCUT2D eigenvalue weighted by Gasteiger charge is 2.63. The van der Waals surface area contributed by atoms with E-state index in [-0.39, 0.29) is 17.4 Å². The molecule has 0 saturated heterocycles. The van der Waals surface area contributed by atoms with Crippen LogP contribution in [0.5, 0.6) is 5.75 Å². The van der Waals surface area contributed by atoms with E-state index < -0.39 is 21.5 Å². The van der Waals surface area contributed by atoms with Gasteiger partial charge in [-0.05, 0) is 85.2 Å². The second kappa shape index (κ2) is 14.9. The fraction of sp³-hybridized carbons (Fsp3) is 0.476. The number of benzene rings is 3. The molecule has 2 amide bonds. The van der Waals surface area contributed by atoms with Gasteiger partial charge in [0.25, 0.3) is 5.91 Å². The van der Waals surface area contributed by atoms with Crippen LogP contribution in [0, 0.1) is 5.41 Å². The molecule has 3 aromatic carbocycles. The highest BCUT2D eigenvalue weighted by molar-refractivity contribution is 7.87. The average molecular weight is 740 g/mol. The zero-order valence-electron chi connectivity index (χ0n) is 31.7. The van der Waals surface area contributed by atoms with Crippen molar-refractivity contribution in [2.45, 2.75) is 76.8 Å². The number of nitrogens with zero attached hydrogens (tertiary/aromatic N) is 4. The summed E-state index contributed by atoms with van der Waals surface area (Å²) in [6, 6.07) is 22.3. The molecular formula is C42H53N5O5S. The Morgan fingerprint density at radius 2 is 1.70 bits per heavy atom. The van der Waals surface area contributed by atoms with Crippen LogP contribution < -0.4 is 9.46 Å². The summed E-state index contributed by atoms with van der Waals surface area (Å²) in [5.74, 6) is 0.573. The lowest BCUT2D eigenvalue weighted by Crippen LogP contribution is -2.41. The Hall–Kier alpha value is -4.19. The summed E-state index contributed by atoms with van der Waals surface area (Å²) in [5.41, 5.74) is 6.34. The molecule has 7 rings (SSSR count). The topological polar surface area (TPSA) is 104 Å². The van der Waals surface area contributed by atoms with E-state index in [9.17, 15) is 18.0 Å². The first-order chi connectivity index (χ1) is 25.5. The minimum Gasteiger partial charge on any atom is -0.497 e. The van der Waals surface area contributed by atoms with Crippen LogP contribution in [0.25, 0.3) is 22.2 Å². The molecule has 0 spiro atoms. The number of fused-ring (bicyclic) bond motifs is 7. The van der Waals surface area contributed by atoms with Crippen molar-refractivity contribution in [3.8, 4) is 17.0 Å². The van der Waals surface area contributed by atoms with Gasteiger partial charge in [0.2, 0.25) is 5.91 Å². The minimum absolute atomic E-state index is 0.0180. The third-order valence-corrected chi connectivity index (χ3v) is 13.2. The van der Waals surface area contributed by atoms with Crippen molar-refractivity contribution in [2.75, 3.05) is 47.9 Å². The van der Waals surface area contributed by atoms with Crippen LogP contribution in [0.3, 0.4) is 0 Å². The fourth-order valence-electron chi connectivity index (χ4n) is 8.89. The number of nitrogens with one attached hydrogen (secondary N) is 1. The number of hydrogen-bond donors (Lipinski definition) is 1. The van der Waals surface area contributed by atoms with Crippen molar-refractivity contribution in [1.82, 2.24) is 23.4 Å². The monoisotopic (exact) mass is 739 g/mol. The Labute approximate surface area is 314 Å². The molecule has 2 unspecified atom stereocenters. The van der Waals surface area contributed by atoms with Gasteiger partial charge in [-0.2, -0.15) is 12.7 Å². The third-order valence-electron chi connectivity index (χ3n) is 11.8. The molecule has 1 aliphatic heterocycles. The maximum absolute atomic E-state index is 14.9. The van der Waals surface area contributed by atoms with Gasteiger partial charge in [-0.1, -0.05) is 62.6 Å². The Kier molecular flexibility index (Phi) is 10.5. The van der Waals surface area contributed by atoms with E-state index in [1.54, 1.807) is 13.2 Å². The molecule has 4 aromatic rings. The number of carbonyl (C=O) groups excluding carboxylic acids is 2. The molecular weight excluding hydrogens is 687 g/mol. The summed E-state index contributed by atoms with van der Waals surface area (Å²) in [4.78, 5) is 32.7. The lowest BCUT2D eigenvalue weighted by atomic mass is 9.81. The highest BCUT2D eigenvalue weighted by atomic mass is 32.2. The number of ether oxygens (including phenoxy) is 1. The fourth-order valence-corrected chi connectivity index (χ4v) is 9.43. The van der Waals surface area contributed by atoms with Gasteiger partial charge in [-0.15, -0.1) is 0 Å². The summed E-state index contributed by atoms with van der Waals surface area (Å²) >= 11 is 0. The zero-order chi connectivity index (χ0) is 37.5. The number of aromatic nitrogens is 1. The number of hydrogen-bond acceptors (Lipinski definition) is 6. The first-order valence-corrected chi connectivity index (χ1v) is 20.5. The number of methoxy groups -OCH3 is 1. The predicted octanol–water partition coefficient (Wildman–Crippen LogP) is 6.76. The van der Waals surface area contributed by atoms with Crippen molar-refractivity contribution < 1.29 is 22.7 Å². The van der Waals surface area contributed by atoms with Crippen LogP contribution in [-0.4, -0.2) is 86.8 Å². The first-order valence-electron chi connectivity index (χ1n) is 19.1. The van der Waals surface area contributed by atoms with Gasteiger partial charge in [0.05, 0.1) is 18.2 Å². The molecule has 2 atom stereocenters. The molecule has 2 aliphatic carbocycles. The van der Waals surface area contributed by atoms with Crippen LogP contribution in [0.1, 0.15) is 90.8 Å². The SMILES string of the molecule is CCCN(CCN(C)C(=O)C12CC1c1cc(OC)ccc1-c1c(C3CCCCC3)c3ccc(C(=O)NS(=O)(=O)N(C)C)cc3n1C2)Cc1ccccc1. The minimum atomic E-state index is -3.99. The van der Waals surface area contributed by atoms with Crippen molar-refractivity contribution in [2.24, 2.45) is 5.41 Å². The second-order valence-electron chi connectivity index (χ2n) is 15.5. The molecule has 53 heavy (non-hydrogen) atoms. The van der Waals surface area contributed by atoms with Crippen LogP contribution >= 0.6 is 0 Å². The molecule has 2 heterocycles. The first kappa shape index (κ1) is 37.1. The van der Waals surface area contributed by atoms with Gasteiger partial charge in [-0.25, -0.2) is 4.72 Å². The lowest BCUT2D eigenvalue weighted by molar-refractivity contribution is -0.136. The Morgan fingerprint density at radius 3 is 2.40 bits per heavy atom. The number of carbonyl (C=O) groups is 2. The normalized spacial score (nSPS) is 19.7. The molecule has 0 bridgehead atoms. The molecule has 1 aromatic heterocycles. The number of amides is 2. The van der Waals surface area contributed by atoms with Crippen molar-refractivity contribution in [3.63, 3.8) is 0 Å². The molecule has 282 valence electrons. The van der Waals surface area contributed by atoms with E-state index in [1.807, 2.05) is 36.2 Å². The largest absolute Gasteiger partial charge is 0.497 e. The molecule has 1 N–H and O–H groups in total. The molecule has 2 fully saturated rings. The maximum atomic E-state index is 14.9. The summed E-state index contributed by atoms with van der Waals surface area (Å²) < 4.78 is 36.5. The summed E-state index contributed by atoms with van der Waals surface area (Å²) in [6.07, 6.45) is 7.44. The van der Waals surface area contributed by atoms with E-state index in [1.165, 1.54) is 31.6 Å². The van der Waals surface area contributed by atoms with Gasteiger partial charge >= 0.3 is 10.2 Å². The van der Waals surface area contributed by atoms with E-state index >= 15 is 0 Å². The molecule has 11 heteroatoms. The van der Waals surface area contributed by atoms with Gasteiger partial charge in [0, 0.05) is 75.3 Å². The van der Waals surface area contributed by atoms with Crippen LogP contribution in [0.4, 0.5) is 0 Å². The van der Waals surface area contributed by atoms with Gasteiger partial charge in [-0.3, -0.25) is 14.5 Å². The van der Waals surface area contributed by atoms with Crippen molar-refractivity contribution in [1.29, 1.82) is 0 Å². The van der Waals surface area contributed by atoms with Crippen LogP contribution in [0.15, 0.2) is 66.7 Å². The van der Waals surface area contributed by atoms with Gasteiger partial charge in [0.1, 0.15) is 5.75 Å². The van der Waals surface area contributed by atoms with E-state index in [2.05, 4.69) is 57.5 Å². The highest BCUT2D eigenvalue weighted by Crippen LogP contribution is 2.66. The molecule has 2 saturated carbocycles. The average Bonchev–Trinajstić information content (AvgIpc) is 3.83. The standard InChI is InChI=1S/C42H53N5O5S/c1-6-21-46(27-29-13-9-7-10-14-29)23-22-45(4)41(49)42-26-36(42)35-25-32(52-5)18-20-33(35)39-38(30-15-11-8-12-16-30)34-19-17-31(24-37(34)47(39)28-42)40(48)43-53(50,51)44(2)3/h7,9-10,13-14,17-20,24-25,30,36H,6,8,11-12,15-16,21-23,26-28H2,1-5H3,(H,43,48). The molecule has 3 aliphatic rings. The number of likely N-dealkylation sites (N-methyl/N-ethyl adjacent to an activating group) is 1. The van der Waals surface area contributed by atoms with Gasteiger partial charge < -0.3 is 14.2 Å². The van der Waals surface area contributed by atoms with E-state index in [0.29, 0.717) is 19.0 Å². The summed E-state index contributed by atoms with van der Waals surface area (Å²) in [5, 5.41) is 1.06. The Bertz CT molecular complexity index is 2110. The predicted molar refractivity (Wildman–Crippen MR) is 209 cm³/mol. The smallest absolute Gasteiger partial charge is 0.303 e. The second-order valence-corrected chi connectivity index (χ2v) is 17.4. The van der Waals surface area contributed by atoms with Gasteiger partial charge in [0.15, 0.2) is 0 Å². The maximum Gasteiger partial charge on any atom is 0.303 e. The van der Waals surface area contributed by atoms with Crippen molar-refractivity contribution >= 4 is 32.9 Å². The van der Waals surface area contributed by atoms with Crippen LogP contribution in [-0.2, 0) is 28.1 Å². The molecule has 10 nitrogen and oxygen atoms in total. The Morgan fingerprint density at radius 1 is 0.943 bits per heavy atom. The van der Waals surface area contributed by atoms with Crippen molar-refractivity contribution in [3.05, 3.63) is 89.0 Å². The lowest BCUT2D eigenvalue weighted by Gasteiger charge is -2.29. The van der Waals surface area contributed by atoms with E-state index in [0.717, 1.165) is 95.9 Å². The van der Waals surface area contributed by atoms with Crippen LogP contribution in [0.2, 0.25) is 0 Å². The number of rotatable bonds is 13.